The molecule has 4 nitrogen and oxygen atoms in total. The van der Waals surface area contributed by atoms with Crippen LogP contribution in [0.25, 0.3) is 6.08 Å². The van der Waals surface area contributed by atoms with E-state index in [9.17, 15) is 9.59 Å². The third-order valence-electron chi connectivity index (χ3n) is 14.7. The van der Waals surface area contributed by atoms with E-state index in [0.29, 0.717) is 35.4 Å². The molecule has 0 amide bonds. The molecular formula is C39H54O4. The first-order valence-electron chi connectivity index (χ1n) is 16.8. The van der Waals surface area contributed by atoms with Gasteiger partial charge in [-0.05, 0) is 140 Å². The SMILES string of the molecule is C=C(C)[C@@H]1CC[C@]2(C(=O)OC)CC[C@]3(C)[C@H](CC[C@@H]4[C@@]5(C)C/C(=C/c6ccc(OC)cc6)C(=O)C(C)(C)[C@@H]5CC[C@]43C)[C@@H]12. The Kier molecular flexibility index (Phi) is 7.18. The molecule has 5 fully saturated rings. The van der Waals surface area contributed by atoms with Crippen LogP contribution in [0.15, 0.2) is 42.0 Å². The minimum absolute atomic E-state index is 0.0205. The monoisotopic (exact) mass is 586 g/mol. The summed E-state index contributed by atoms with van der Waals surface area (Å²) in [7, 11) is 3.27. The Morgan fingerprint density at radius 1 is 0.884 bits per heavy atom. The first-order chi connectivity index (χ1) is 20.2. The van der Waals surface area contributed by atoms with Crippen LogP contribution >= 0.6 is 0 Å². The topological polar surface area (TPSA) is 52.6 Å². The molecule has 0 N–H and O–H groups in total. The maximum Gasteiger partial charge on any atom is 0.312 e. The Balaban J connectivity index is 1.40. The first kappa shape index (κ1) is 30.7. The summed E-state index contributed by atoms with van der Waals surface area (Å²) in [4.78, 5) is 27.7. The van der Waals surface area contributed by atoms with Gasteiger partial charge >= 0.3 is 5.97 Å². The van der Waals surface area contributed by atoms with Crippen LogP contribution < -0.4 is 4.74 Å². The van der Waals surface area contributed by atoms with E-state index in [4.69, 9.17) is 9.47 Å². The van der Waals surface area contributed by atoms with Gasteiger partial charge in [0.2, 0.25) is 0 Å². The molecule has 1 aromatic rings. The Hall–Kier alpha value is -2.36. The van der Waals surface area contributed by atoms with Crippen LogP contribution in [0.5, 0.6) is 5.75 Å². The van der Waals surface area contributed by atoms with Gasteiger partial charge in [-0.3, -0.25) is 9.59 Å². The second-order valence-corrected chi connectivity index (χ2v) is 16.5. The van der Waals surface area contributed by atoms with Crippen LogP contribution in [0, 0.1) is 56.7 Å². The van der Waals surface area contributed by atoms with E-state index in [1.54, 1.807) is 14.2 Å². The number of esters is 1. The van der Waals surface area contributed by atoms with Crippen LogP contribution in [-0.2, 0) is 14.3 Å². The Morgan fingerprint density at radius 3 is 2.21 bits per heavy atom. The summed E-state index contributed by atoms with van der Waals surface area (Å²) in [6, 6.07) is 8.08. The van der Waals surface area contributed by atoms with Crippen molar-refractivity contribution >= 4 is 17.8 Å². The first-order valence-corrected chi connectivity index (χ1v) is 16.8. The maximum absolute atomic E-state index is 14.1. The lowest BCUT2D eigenvalue weighted by Gasteiger charge is -2.72. The quantitative estimate of drug-likeness (QED) is 0.201. The fourth-order valence-electron chi connectivity index (χ4n) is 12.6. The lowest BCUT2D eigenvalue weighted by molar-refractivity contribution is -0.232. The van der Waals surface area contributed by atoms with Gasteiger partial charge in [-0.2, -0.15) is 0 Å². The van der Waals surface area contributed by atoms with E-state index >= 15 is 0 Å². The van der Waals surface area contributed by atoms with E-state index < -0.39 is 5.41 Å². The number of methoxy groups -OCH3 is 2. The molecule has 0 heterocycles. The molecule has 0 unspecified atom stereocenters. The Morgan fingerprint density at radius 2 is 1.58 bits per heavy atom. The van der Waals surface area contributed by atoms with Crippen molar-refractivity contribution in [1.29, 1.82) is 0 Å². The molecule has 6 rings (SSSR count). The molecule has 0 aromatic heterocycles. The maximum atomic E-state index is 14.1. The van der Waals surface area contributed by atoms with Crippen molar-refractivity contribution in [1.82, 2.24) is 0 Å². The second-order valence-electron chi connectivity index (χ2n) is 16.5. The summed E-state index contributed by atoms with van der Waals surface area (Å²) in [5.41, 5.74) is 2.85. The van der Waals surface area contributed by atoms with Gasteiger partial charge < -0.3 is 9.47 Å². The molecule has 5 saturated carbocycles. The molecule has 0 aliphatic heterocycles. The van der Waals surface area contributed by atoms with Crippen LogP contribution in [0.1, 0.15) is 105 Å². The fourth-order valence-corrected chi connectivity index (χ4v) is 12.6. The van der Waals surface area contributed by atoms with Crippen molar-refractivity contribution in [3.8, 4) is 5.75 Å². The van der Waals surface area contributed by atoms with Crippen molar-refractivity contribution in [3.63, 3.8) is 0 Å². The molecule has 5 aliphatic rings. The summed E-state index contributed by atoms with van der Waals surface area (Å²) in [5.74, 6) is 3.26. The zero-order valence-corrected chi connectivity index (χ0v) is 28.0. The van der Waals surface area contributed by atoms with Gasteiger partial charge in [0.25, 0.3) is 0 Å². The van der Waals surface area contributed by atoms with Crippen LogP contribution in [0.3, 0.4) is 0 Å². The highest BCUT2D eigenvalue weighted by molar-refractivity contribution is 6.04. The van der Waals surface area contributed by atoms with Crippen LogP contribution in [0.4, 0.5) is 0 Å². The number of Topliss-reactive ketones (excluding diaryl/α,β-unsaturated/α-hetero) is 1. The summed E-state index contributed by atoms with van der Waals surface area (Å²) in [6.07, 6.45) is 11.6. The molecule has 234 valence electrons. The molecular weight excluding hydrogens is 532 g/mol. The number of hydrogen-bond acceptors (Lipinski definition) is 4. The zero-order chi connectivity index (χ0) is 31.2. The minimum Gasteiger partial charge on any atom is -0.497 e. The van der Waals surface area contributed by atoms with Gasteiger partial charge in [-0.1, -0.05) is 58.9 Å². The van der Waals surface area contributed by atoms with Crippen molar-refractivity contribution in [2.24, 2.45) is 56.7 Å². The van der Waals surface area contributed by atoms with E-state index in [0.717, 1.165) is 68.3 Å². The average molecular weight is 587 g/mol. The largest absolute Gasteiger partial charge is 0.497 e. The smallest absolute Gasteiger partial charge is 0.312 e. The zero-order valence-electron chi connectivity index (χ0n) is 28.0. The lowest BCUT2D eigenvalue weighted by atomic mass is 9.32. The summed E-state index contributed by atoms with van der Waals surface area (Å²) in [6.45, 7) is 18.8. The normalized spacial score (nSPS) is 44.0. The van der Waals surface area contributed by atoms with Crippen molar-refractivity contribution in [2.75, 3.05) is 14.2 Å². The standard InChI is InChI=1S/C39H54O4/c1-24(2)28-16-19-39(34(41)43-9)21-20-37(6)29(32(28)39)14-15-31-36(5)23-26(22-25-10-12-27(42-8)13-11-25)33(40)35(3,4)30(36)17-18-38(31,37)7/h10-13,22,28-32H,1,14-21,23H2,2-9H3/b26-22-/t28-,29+,30-,31+,32+,36-,37+,38+,39-/m0/s1. The number of carbonyl (C=O) groups is 2. The van der Waals surface area contributed by atoms with Gasteiger partial charge in [0.05, 0.1) is 19.6 Å². The summed E-state index contributed by atoms with van der Waals surface area (Å²) >= 11 is 0. The van der Waals surface area contributed by atoms with Gasteiger partial charge in [0, 0.05) is 5.41 Å². The molecule has 0 bridgehead atoms. The average Bonchev–Trinajstić information content (AvgIpc) is 3.37. The van der Waals surface area contributed by atoms with Crippen molar-refractivity contribution in [3.05, 3.63) is 47.6 Å². The Bertz CT molecular complexity index is 1350. The molecule has 1 aromatic carbocycles. The van der Waals surface area contributed by atoms with Gasteiger partial charge in [-0.15, -0.1) is 0 Å². The van der Waals surface area contributed by atoms with Crippen molar-refractivity contribution in [2.45, 2.75) is 99.3 Å². The number of allylic oxidation sites excluding steroid dienone is 2. The number of ether oxygens (including phenoxy) is 2. The van der Waals surface area contributed by atoms with E-state index in [1.165, 1.54) is 12.0 Å². The number of benzene rings is 1. The van der Waals surface area contributed by atoms with Crippen LogP contribution in [-0.4, -0.2) is 26.0 Å². The van der Waals surface area contributed by atoms with E-state index in [2.05, 4.69) is 66.3 Å². The third kappa shape index (κ3) is 4.06. The van der Waals surface area contributed by atoms with E-state index in [1.807, 2.05) is 12.1 Å². The molecule has 0 spiro atoms. The molecule has 0 radical (unpaired) electrons. The van der Waals surface area contributed by atoms with Crippen molar-refractivity contribution < 1.29 is 19.1 Å². The molecule has 43 heavy (non-hydrogen) atoms. The lowest BCUT2D eigenvalue weighted by Crippen LogP contribution is -2.67. The highest BCUT2D eigenvalue weighted by Gasteiger charge is 2.72. The second kappa shape index (κ2) is 10.1. The summed E-state index contributed by atoms with van der Waals surface area (Å²) in [5, 5.41) is 0. The molecule has 0 saturated heterocycles. The number of fused-ring (bicyclic) bond motifs is 7. The van der Waals surface area contributed by atoms with Gasteiger partial charge in [-0.25, -0.2) is 0 Å². The number of rotatable bonds is 4. The number of hydrogen-bond donors (Lipinski definition) is 0. The minimum atomic E-state index is -0.395. The number of carbonyl (C=O) groups excluding carboxylic acids is 2. The third-order valence-corrected chi connectivity index (χ3v) is 14.7. The number of ketones is 1. The predicted molar refractivity (Wildman–Crippen MR) is 172 cm³/mol. The van der Waals surface area contributed by atoms with Crippen LogP contribution in [0.2, 0.25) is 0 Å². The van der Waals surface area contributed by atoms with E-state index in [-0.39, 0.29) is 27.6 Å². The highest BCUT2D eigenvalue weighted by Crippen LogP contribution is 2.77. The van der Waals surface area contributed by atoms with Gasteiger partial charge in [0.1, 0.15) is 5.75 Å². The highest BCUT2D eigenvalue weighted by atomic mass is 16.5. The molecule has 4 heteroatoms. The summed E-state index contributed by atoms with van der Waals surface area (Å²) < 4.78 is 10.9. The Labute approximate surface area is 260 Å². The molecule has 5 aliphatic carbocycles. The predicted octanol–water partition coefficient (Wildman–Crippen LogP) is 9.09. The molecule has 9 atom stereocenters. The fraction of sp³-hybridized carbons (Fsp3) is 0.692. The van der Waals surface area contributed by atoms with Gasteiger partial charge in [0.15, 0.2) is 5.78 Å².